The molecule has 0 saturated heterocycles. The molecule has 0 fully saturated rings. The summed E-state index contributed by atoms with van der Waals surface area (Å²) in [5.74, 6) is 2.06. The lowest BCUT2D eigenvalue weighted by Crippen LogP contribution is -2.26. The van der Waals surface area contributed by atoms with Gasteiger partial charge in [-0.1, -0.05) is 48.5 Å². The van der Waals surface area contributed by atoms with Gasteiger partial charge in [-0.2, -0.15) is 0 Å². The molecular formula is C29H26N6O3. The van der Waals surface area contributed by atoms with Gasteiger partial charge < -0.3 is 25.7 Å². The molecule has 190 valence electrons. The minimum absolute atomic E-state index is 0.107. The second kappa shape index (κ2) is 11.3. The first-order chi connectivity index (χ1) is 18.5. The molecule has 9 heteroatoms. The number of fused-ring (bicyclic) bond motifs is 1. The average Bonchev–Trinajstić information content (AvgIpc) is 3.38. The van der Waals surface area contributed by atoms with E-state index in [0.717, 1.165) is 11.3 Å². The van der Waals surface area contributed by atoms with Crippen LogP contribution in [0.15, 0.2) is 91.0 Å². The number of nitrogens with zero attached hydrogens (tertiary/aromatic N) is 2. The predicted octanol–water partition coefficient (Wildman–Crippen LogP) is 5.22. The van der Waals surface area contributed by atoms with Crippen LogP contribution in [0.25, 0.3) is 22.4 Å². The van der Waals surface area contributed by atoms with Crippen LogP contribution in [0.5, 0.6) is 11.5 Å². The van der Waals surface area contributed by atoms with Crippen LogP contribution < -0.4 is 20.7 Å². The third-order valence-electron chi connectivity index (χ3n) is 5.65. The molecule has 2 heterocycles. The number of aromatic nitrogens is 3. The normalized spacial score (nSPS) is 10.7. The van der Waals surface area contributed by atoms with Crippen molar-refractivity contribution >= 4 is 34.4 Å². The number of aromatic amines is 1. The van der Waals surface area contributed by atoms with Crippen LogP contribution in [0.4, 0.5) is 11.5 Å². The average molecular weight is 507 g/mol. The van der Waals surface area contributed by atoms with Crippen molar-refractivity contribution in [3.63, 3.8) is 0 Å². The number of hydrogen-bond donors (Lipinski definition) is 4. The zero-order valence-electron chi connectivity index (χ0n) is 20.7. The molecule has 5 aromatic rings. The van der Waals surface area contributed by atoms with Crippen molar-refractivity contribution in [3.8, 4) is 22.9 Å². The number of rotatable bonds is 9. The van der Waals surface area contributed by atoms with E-state index in [4.69, 9.17) is 4.74 Å². The van der Waals surface area contributed by atoms with Crippen molar-refractivity contribution in [3.05, 3.63) is 96.7 Å². The van der Waals surface area contributed by atoms with Crippen molar-refractivity contribution in [1.82, 2.24) is 20.3 Å². The van der Waals surface area contributed by atoms with Crippen LogP contribution in [0, 0.1) is 0 Å². The summed E-state index contributed by atoms with van der Waals surface area (Å²) in [6, 6.07) is 27.9. The van der Waals surface area contributed by atoms with Gasteiger partial charge in [0.15, 0.2) is 5.82 Å². The second-order valence-electron chi connectivity index (χ2n) is 8.51. The van der Waals surface area contributed by atoms with Crippen LogP contribution in [0.1, 0.15) is 17.4 Å². The first kappa shape index (κ1) is 24.5. The first-order valence-electron chi connectivity index (χ1n) is 12.1. The molecule has 38 heavy (non-hydrogen) atoms. The zero-order valence-corrected chi connectivity index (χ0v) is 20.7. The largest absolute Gasteiger partial charge is 0.457 e. The first-order valence-corrected chi connectivity index (χ1v) is 12.1. The fraction of sp³-hybridized carbons (Fsp3) is 0.103. The van der Waals surface area contributed by atoms with E-state index in [-0.39, 0.29) is 11.8 Å². The Morgan fingerprint density at radius 3 is 2.24 bits per heavy atom. The SMILES string of the molecule is CC(=O)NCCNc1nc(-c2ccccc2)nc2[nH]c(C(=O)Nc3ccc(Oc4ccccc4)cc3)cc12. The highest BCUT2D eigenvalue weighted by Crippen LogP contribution is 2.27. The fourth-order valence-corrected chi connectivity index (χ4v) is 3.83. The number of para-hydroxylation sites is 1. The van der Waals surface area contributed by atoms with Crippen molar-refractivity contribution in [2.45, 2.75) is 6.92 Å². The Labute approximate surface area is 219 Å². The Morgan fingerprint density at radius 1 is 0.842 bits per heavy atom. The van der Waals surface area contributed by atoms with Crippen LogP contribution in [-0.4, -0.2) is 39.9 Å². The number of benzene rings is 3. The Hall–Kier alpha value is -5.18. The molecule has 0 saturated carbocycles. The molecule has 5 rings (SSSR count). The van der Waals surface area contributed by atoms with Gasteiger partial charge in [-0.3, -0.25) is 9.59 Å². The lowest BCUT2D eigenvalue weighted by molar-refractivity contribution is -0.118. The topological polar surface area (TPSA) is 121 Å². The number of amides is 2. The minimum atomic E-state index is -0.315. The fourth-order valence-electron chi connectivity index (χ4n) is 3.83. The molecule has 3 aromatic carbocycles. The van der Waals surface area contributed by atoms with Crippen molar-refractivity contribution in [2.24, 2.45) is 0 Å². The van der Waals surface area contributed by atoms with Crippen molar-refractivity contribution in [1.29, 1.82) is 0 Å². The van der Waals surface area contributed by atoms with Gasteiger partial charge in [0.05, 0.1) is 5.39 Å². The highest BCUT2D eigenvalue weighted by molar-refractivity contribution is 6.07. The molecule has 4 N–H and O–H groups in total. The molecule has 0 unspecified atom stereocenters. The number of ether oxygens (including phenoxy) is 1. The highest BCUT2D eigenvalue weighted by atomic mass is 16.5. The summed E-state index contributed by atoms with van der Waals surface area (Å²) in [6.45, 7) is 2.37. The standard InChI is InChI=1S/C29H26N6O3/c1-19(36)30-16-17-31-27-24-18-25(33-28(24)35-26(34-27)20-8-4-2-5-9-20)29(37)32-21-12-14-23(15-13-21)38-22-10-6-3-7-11-22/h2-15,18H,16-17H2,1H3,(H,30,36)(H,32,37)(H2,31,33,34,35). The number of carbonyl (C=O) groups is 2. The predicted molar refractivity (Wildman–Crippen MR) is 147 cm³/mol. The van der Waals surface area contributed by atoms with Crippen molar-refractivity contribution < 1.29 is 14.3 Å². The highest BCUT2D eigenvalue weighted by Gasteiger charge is 2.16. The summed E-state index contributed by atoms with van der Waals surface area (Å²) < 4.78 is 5.81. The lowest BCUT2D eigenvalue weighted by atomic mass is 10.2. The third kappa shape index (κ3) is 5.96. The molecule has 9 nitrogen and oxygen atoms in total. The molecule has 2 aromatic heterocycles. The number of H-pyrrole nitrogens is 1. The van der Waals surface area contributed by atoms with Gasteiger partial charge in [0, 0.05) is 31.3 Å². The molecular weight excluding hydrogens is 480 g/mol. The summed E-state index contributed by atoms with van der Waals surface area (Å²) >= 11 is 0. The van der Waals surface area contributed by atoms with Crippen molar-refractivity contribution in [2.75, 3.05) is 23.7 Å². The summed E-state index contributed by atoms with van der Waals surface area (Å²) in [4.78, 5) is 36.7. The quantitative estimate of drug-likeness (QED) is 0.204. The van der Waals surface area contributed by atoms with Crippen LogP contribution in [0.2, 0.25) is 0 Å². The second-order valence-corrected chi connectivity index (χ2v) is 8.51. The van der Waals surface area contributed by atoms with E-state index in [0.29, 0.717) is 52.9 Å². The van der Waals surface area contributed by atoms with E-state index < -0.39 is 0 Å². The van der Waals surface area contributed by atoms with Gasteiger partial charge in [0.2, 0.25) is 5.91 Å². The van der Waals surface area contributed by atoms with Crippen LogP contribution in [0.3, 0.4) is 0 Å². The maximum Gasteiger partial charge on any atom is 0.272 e. The number of nitrogens with one attached hydrogen (secondary N) is 4. The van der Waals surface area contributed by atoms with E-state index in [1.54, 1.807) is 30.3 Å². The lowest BCUT2D eigenvalue weighted by Gasteiger charge is -2.09. The summed E-state index contributed by atoms with van der Waals surface area (Å²) in [6.07, 6.45) is 0. The molecule has 0 aliphatic heterocycles. The number of anilines is 2. The molecule has 0 atom stereocenters. The zero-order chi connectivity index (χ0) is 26.3. The summed E-state index contributed by atoms with van der Waals surface area (Å²) in [5, 5.41) is 9.57. The Bertz CT molecular complexity index is 1550. The van der Waals surface area contributed by atoms with Crippen LogP contribution in [-0.2, 0) is 4.79 Å². The van der Waals surface area contributed by atoms with Gasteiger partial charge in [0.1, 0.15) is 28.7 Å². The van der Waals surface area contributed by atoms with Gasteiger partial charge in [-0.15, -0.1) is 0 Å². The Kier molecular flexibility index (Phi) is 7.26. The number of carbonyl (C=O) groups excluding carboxylic acids is 2. The molecule has 0 bridgehead atoms. The monoisotopic (exact) mass is 506 g/mol. The van der Waals surface area contributed by atoms with Gasteiger partial charge in [-0.05, 0) is 42.5 Å². The van der Waals surface area contributed by atoms with Gasteiger partial charge in [-0.25, -0.2) is 9.97 Å². The molecule has 2 amide bonds. The molecule has 0 spiro atoms. The third-order valence-corrected chi connectivity index (χ3v) is 5.65. The van der Waals surface area contributed by atoms with E-state index >= 15 is 0 Å². The summed E-state index contributed by atoms with van der Waals surface area (Å²) in [7, 11) is 0. The van der Waals surface area contributed by atoms with Crippen LogP contribution >= 0.6 is 0 Å². The minimum Gasteiger partial charge on any atom is -0.457 e. The molecule has 0 aliphatic rings. The van der Waals surface area contributed by atoms with Gasteiger partial charge in [0.25, 0.3) is 5.91 Å². The Morgan fingerprint density at radius 2 is 1.53 bits per heavy atom. The number of hydrogen-bond acceptors (Lipinski definition) is 6. The summed E-state index contributed by atoms with van der Waals surface area (Å²) in [5.41, 5.74) is 2.34. The van der Waals surface area contributed by atoms with E-state index in [1.165, 1.54) is 6.92 Å². The molecule has 0 aliphatic carbocycles. The van der Waals surface area contributed by atoms with Gasteiger partial charge >= 0.3 is 0 Å². The maximum absolute atomic E-state index is 13.1. The Balaban J connectivity index is 1.36. The molecule has 0 radical (unpaired) electrons. The smallest absolute Gasteiger partial charge is 0.272 e. The van der Waals surface area contributed by atoms with E-state index in [2.05, 4.69) is 30.9 Å². The maximum atomic E-state index is 13.1. The van der Waals surface area contributed by atoms with E-state index in [9.17, 15) is 9.59 Å². The van der Waals surface area contributed by atoms with E-state index in [1.807, 2.05) is 60.7 Å².